The van der Waals surface area contributed by atoms with Crippen molar-refractivity contribution in [1.82, 2.24) is 0 Å². The first kappa shape index (κ1) is 42.6. The molecule has 0 amide bonds. The number of aryl methyl sites for hydroxylation is 2. The van der Waals surface area contributed by atoms with Crippen LogP contribution in [0.2, 0.25) is 0 Å². The van der Waals surface area contributed by atoms with Crippen molar-refractivity contribution in [3.05, 3.63) is 193 Å². The molecule has 0 aliphatic rings. The highest BCUT2D eigenvalue weighted by Crippen LogP contribution is 2.42. The van der Waals surface area contributed by atoms with Crippen LogP contribution in [0.4, 0.5) is 34.1 Å². The van der Waals surface area contributed by atoms with Gasteiger partial charge in [0.05, 0.1) is 11.4 Å². The van der Waals surface area contributed by atoms with Crippen LogP contribution in [0.3, 0.4) is 0 Å². The molecule has 0 unspecified atom stereocenters. The monoisotopic (exact) mass is 813 g/mol. The number of hydrogen-bond donors (Lipinski definition) is 0. The van der Waals surface area contributed by atoms with E-state index in [1.165, 1.54) is 144 Å². The second kappa shape index (κ2) is 21.6. The highest BCUT2D eigenvalue weighted by molar-refractivity contribution is 6.00. The Morgan fingerprint density at radius 1 is 0.290 bits per heavy atom. The third kappa shape index (κ3) is 10.5. The Bertz CT molecular complexity index is 2390. The first-order chi connectivity index (χ1) is 30.7. The summed E-state index contributed by atoms with van der Waals surface area (Å²) in [6, 6.07) is 67.6. The molecular weight excluding hydrogens is 749 g/mol. The highest BCUT2D eigenvalue weighted by Gasteiger charge is 2.18. The minimum Gasteiger partial charge on any atom is -0.310 e. The normalized spacial score (nSPS) is 11.3. The van der Waals surface area contributed by atoms with Gasteiger partial charge in [-0.05, 0) is 119 Å². The van der Waals surface area contributed by atoms with Crippen molar-refractivity contribution in [3.63, 3.8) is 0 Å². The molecule has 8 aromatic rings. The van der Waals surface area contributed by atoms with Crippen molar-refractivity contribution in [2.45, 2.75) is 104 Å². The van der Waals surface area contributed by atoms with Gasteiger partial charge in [-0.15, -0.1) is 0 Å². The summed E-state index contributed by atoms with van der Waals surface area (Å²) in [5, 5.41) is 4.98. The molecule has 0 heterocycles. The molecule has 0 fully saturated rings. The third-order valence-electron chi connectivity index (χ3n) is 12.6. The molecule has 0 aliphatic carbocycles. The van der Waals surface area contributed by atoms with E-state index in [1.54, 1.807) is 0 Å². The van der Waals surface area contributed by atoms with Gasteiger partial charge in [-0.1, -0.05) is 199 Å². The second-order valence-electron chi connectivity index (χ2n) is 17.1. The standard InChI is InChI=1S/C60H64N2/c1-3-5-7-9-11-13-21-47-31-39-53(40-32-47)61(59-29-19-25-51-23-15-17-27-57(51)59)55-43-35-49(36-44-55)50-37-45-56(46-38-50)62(60-30-20-26-52-24-16-18-28-58(52)60)54-41-33-48(34-42-54)22-14-12-10-8-6-4-2/h15-20,23-46H,3-14,21-22H2,1-2H3. The largest absolute Gasteiger partial charge is 0.310 e. The van der Waals surface area contributed by atoms with Crippen molar-refractivity contribution >= 4 is 55.7 Å². The third-order valence-corrected chi connectivity index (χ3v) is 12.6. The van der Waals surface area contributed by atoms with E-state index in [2.05, 4.69) is 206 Å². The minimum atomic E-state index is 1.14. The Labute approximate surface area is 371 Å². The number of rotatable bonds is 21. The second-order valence-corrected chi connectivity index (χ2v) is 17.1. The quantitative estimate of drug-likeness (QED) is 0.0667. The van der Waals surface area contributed by atoms with Crippen LogP contribution in [0.25, 0.3) is 32.7 Å². The van der Waals surface area contributed by atoms with Crippen molar-refractivity contribution in [3.8, 4) is 11.1 Å². The zero-order chi connectivity index (χ0) is 42.4. The van der Waals surface area contributed by atoms with E-state index in [-0.39, 0.29) is 0 Å². The van der Waals surface area contributed by atoms with Crippen molar-refractivity contribution in [1.29, 1.82) is 0 Å². The van der Waals surface area contributed by atoms with Gasteiger partial charge in [0.1, 0.15) is 0 Å². The predicted octanol–water partition coefficient (Wildman–Crippen LogP) is 18.4. The summed E-state index contributed by atoms with van der Waals surface area (Å²) in [5.41, 5.74) is 12.2. The maximum atomic E-state index is 2.42. The van der Waals surface area contributed by atoms with Gasteiger partial charge in [0.25, 0.3) is 0 Å². The van der Waals surface area contributed by atoms with Gasteiger partial charge in [0.2, 0.25) is 0 Å². The highest BCUT2D eigenvalue weighted by atomic mass is 15.1. The maximum Gasteiger partial charge on any atom is 0.0540 e. The van der Waals surface area contributed by atoms with Crippen LogP contribution in [0.15, 0.2) is 182 Å². The summed E-state index contributed by atoms with van der Waals surface area (Å²) >= 11 is 0. The number of anilines is 6. The summed E-state index contributed by atoms with van der Waals surface area (Å²) in [4.78, 5) is 4.84. The van der Waals surface area contributed by atoms with Crippen LogP contribution in [-0.4, -0.2) is 0 Å². The average molecular weight is 813 g/mol. The fourth-order valence-corrected chi connectivity index (χ4v) is 9.11. The van der Waals surface area contributed by atoms with E-state index in [4.69, 9.17) is 0 Å². The number of nitrogens with zero attached hydrogens (tertiary/aromatic N) is 2. The zero-order valence-electron chi connectivity index (χ0n) is 37.1. The molecule has 0 atom stereocenters. The van der Waals surface area contributed by atoms with E-state index in [9.17, 15) is 0 Å². The van der Waals surface area contributed by atoms with Gasteiger partial charge in [-0.25, -0.2) is 0 Å². The van der Waals surface area contributed by atoms with Crippen molar-refractivity contribution < 1.29 is 0 Å². The lowest BCUT2D eigenvalue weighted by Gasteiger charge is -2.28. The molecule has 0 saturated heterocycles. The molecule has 0 radical (unpaired) electrons. The first-order valence-electron chi connectivity index (χ1n) is 23.6. The molecule has 2 nitrogen and oxygen atoms in total. The van der Waals surface area contributed by atoms with E-state index in [1.807, 2.05) is 0 Å². The van der Waals surface area contributed by atoms with Crippen molar-refractivity contribution in [2.24, 2.45) is 0 Å². The number of unbranched alkanes of at least 4 members (excludes halogenated alkanes) is 10. The Morgan fingerprint density at radius 2 is 0.613 bits per heavy atom. The molecule has 314 valence electrons. The fraction of sp³-hybridized carbons (Fsp3) is 0.267. The lowest BCUT2D eigenvalue weighted by atomic mass is 10.0. The zero-order valence-corrected chi connectivity index (χ0v) is 37.1. The molecule has 0 aromatic heterocycles. The SMILES string of the molecule is CCCCCCCCc1ccc(N(c2ccc(-c3ccc(N(c4ccc(CCCCCCCC)cc4)c4cccc5ccccc45)cc3)cc2)c2cccc3ccccc23)cc1. The lowest BCUT2D eigenvalue weighted by Crippen LogP contribution is -2.11. The first-order valence-corrected chi connectivity index (χ1v) is 23.6. The number of fused-ring (bicyclic) bond motifs is 2. The molecule has 8 aromatic carbocycles. The van der Waals surface area contributed by atoms with Crippen LogP contribution in [0.5, 0.6) is 0 Å². The van der Waals surface area contributed by atoms with Gasteiger partial charge >= 0.3 is 0 Å². The Hall–Kier alpha value is -6.12. The molecule has 0 aliphatic heterocycles. The number of benzene rings is 8. The van der Waals surface area contributed by atoms with E-state index in [0.29, 0.717) is 0 Å². The topological polar surface area (TPSA) is 6.48 Å². The molecule has 8 rings (SSSR count). The molecule has 2 heteroatoms. The molecule has 62 heavy (non-hydrogen) atoms. The van der Waals surface area contributed by atoms with Crippen LogP contribution >= 0.6 is 0 Å². The van der Waals surface area contributed by atoms with Crippen LogP contribution in [0.1, 0.15) is 102 Å². The molecule has 0 spiro atoms. The molecule has 0 N–H and O–H groups in total. The predicted molar refractivity (Wildman–Crippen MR) is 270 cm³/mol. The van der Waals surface area contributed by atoms with Crippen molar-refractivity contribution in [2.75, 3.05) is 9.80 Å². The van der Waals surface area contributed by atoms with Crippen LogP contribution < -0.4 is 9.80 Å². The van der Waals surface area contributed by atoms with Gasteiger partial charge < -0.3 is 9.80 Å². The van der Waals surface area contributed by atoms with Gasteiger partial charge in [0, 0.05) is 33.5 Å². The van der Waals surface area contributed by atoms with E-state index >= 15 is 0 Å². The smallest absolute Gasteiger partial charge is 0.0540 e. The molecule has 0 bridgehead atoms. The van der Waals surface area contributed by atoms with Gasteiger partial charge in [-0.2, -0.15) is 0 Å². The fourth-order valence-electron chi connectivity index (χ4n) is 9.11. The average Bonchev–Trinajstić information content (AvgIpc) is 3.33. The number of hydrogen-bond acceptors (Lipinski definition) is 2. The summed E-state index contributed by atoms with van der Waals surface area (Å²) in [7, 11) is 0. The van der Waals surface area contributed by atoms with E-state index < -0.39 is 0 Å². The summed E-state index contributed by atoms with van der Waals surface area (Å²) in [6.07, 6.45) is 18.1. The van der Waals surface area contributed by atoms with E-state index in [0.717, 1.165) is 24.2 Å². The lowest BCUT2D eigenvalue weighted by molar-refractivity contribution is 0.607. The molecule has 0 saturated carbocycles. The van der Waals surface area contributed by atoms with Gasteiger partial charge in [0.15, 0.2) is 0 Å². The summed E-state index contributed by atoms with van der Waals surface area (Å²) in [6.45, 7) is 4.57. The summed E-state index contributed by atoms with van der Waals surface area (Å²) in [5.74, 6) is 0. The summed E-state index contributed by atoms with van der Waals surface area (Å²) < 4.78 is 0. The Balaban J connectivity index is 1.05. The maximum absolute atomic E-state index is 2.42. The minimum absolute atomic E-state index is 1.14. The van der Waals surface area contributed by atoms with Crippen LogP contribution in [0, 0.1) is 0 Å². The Morgan fingerprint density at radius 3 is 1.00 bits per heavy atom. The van der Waals surface area contributed by atoms with Crippen LogP contribution in [-0.2, 0) is 12.8 Å². The van der Waals surface area contributed by atoms with Gasteiger partial charge in [-0.3, -0.25) is 0 Å². The molecular formula is C60H64N2. The Kier molecular flexibility index (Phi) is 14.8.